The van der Waals surface area contributed by atoms with Gasteiger partial charge < -0.3 is 4.74 Å². The summed E-state index contributed by atoms with van der Waals surface area (Å²) in [4.78, 5) is 19.6. The van der Waals surface area contributed by atoms with Gasteiger partial charge in [-0.1, -0.05) is 43.3 Å². The highest BCUT2D eigenvalue weighted by atomic mass is 79.9. The highest BCUT2D eigenvalue weighted by Crippen LogP contribution is 2.34. The highest BCUT2D eigenvalue weighted by Gasteiger charge is 2.30. The van der Waals surface area contributed by atoms with Gasteiger partial charge in [0.15, 0.2) is 5.17 Å². The van der Waals surface area contributed by atoms with E-state index in [0.29, 0.717) is 28.0 Å². The van der Waals surface area contributed by atoms with Crippen molar-refractivity contribution in [3.63, 3.8) is 0 Å². The van der Waals surface area contributed by atoms with E-state index in [2.05, 4.69) is 46.0 Å². The molecule has 0 bridgehead atoms. The second-order valence-electron chi connectivity index (χ2n) is 7.64. The first-order chi connectivity index (χ1) is 16.5. The van der Waals surface area contributed by atoms with Gasteiger partial charge in [-0.2, -0.15) is 5.26 Å². The summed E-state index contributed by atoms with van der Waals surface area (Å²) in [5, 5.41) is 9.89. The molecule has 5 nitrogen and oxygen atoms in total. The van der Waals surface area contributed by atoms with Crippen LogP contribution in [0.4, 0.5) is 5.69 Å². The lowest BCUT2D eigenvalue weighted by atomic mass is 10.1. The Morgan fingerprint density at radius 3 is 2.62 bits per heavy atom. The number of carbonyl (C=O) groups excluding carboxylic acids is 1. The minimum atomic E-state index is -0.0847. The van der Waals surface area contributed by atoms with Crippen LogP contribution in [-0.4, -0.2) is 23.0 Å². The fraction of sp³-hybridized carbons (Fsp3) is 0.148. The maximum absolute atomic E-state index is 12.8. The molecule has 1 aliphatic rings. The number of ether oxygens (including phenoxy) is 1. The third-order valence-corrected chi connectivity index (χ3v) is 7.03. The molecule has 1 heterocycles. The van der Waals surface area contributed by atoms with E-state index in [1.165, 1.54) is 17.3 Å². The highest BCUT2D eigenvalue weighted by molar-refractivity contribution is 9.10. The van der Waals surface area contributed by atoms with Crippen molar-refractivity contribution in [1.29, 1.82) is 5.26 Å². The number of nitrogens with zero attached hydrogens (tertiary/aromatic N) is 3. The molecule has 7 heteroatoms. The van der Waals surface area contributed by atoms with Gasteiger partial charge in [0.1, 0.15) is 12.4 Å². The van der Waals surface area contributed by atoms with Gasteiger partial charge in [-0.05, 0) is 81.6 Å². The first-order valence-electron chi connectivity index (χ1n) is 10.7. The summed E-state index contributed by atoms with van der Waals surface area (Å²) in [7, 11) is 1.74. The molecule has 34 heavy (non-hydrogen) atoms. The Morgan fingerprint density at radius 1 is 1.15 bits per heavy atom. The van der Waals surface area contributed by atoms with Crippen LogP contribution < -0.4 is 4.74 Å². The largest absolute Gasteiger partial charge is 0.488 e. The SMILES string of the molecule is CCc1ccc(N=C2S/C(=C\c3ccc(OCc4ccccc4C#N)c(Br)c3)C(=O)N2C)cc1. The van der Waals surface area contributed by atoms with Crippen LogP contribution in [0.2, 0.25) is 0 Å². The van der Waals surface area contributed by atoms with Crippen molar-refractivity contribution >= 4 is 50.5 Å². The average Bonchev–Trinajstić information content (AvgIpc) is 3.11. The van der Waals surface area contributed by atoms with Crippen molar-refractivity contribution in [1.82, 2.24) is 4.90 Å². The number of amides is 1. The molecule has 1 fully saturated rings. The van der Waals surface area contributed by atoms with E-state index in [1.54, 1.807) is 18.0 Å². The first kappa shape index (κ1) is 23.8. The van der Waals surface area contributed by atoms with Crippen molar-refractivity contribution in [3.8, 4) is 11.8 Å². The Morgan fingerprint density at radius 2 is 1.91 bits per heavy atom. The van der Waals surface area contributed by atoms with Crippen molar-refractivity contribution in [2.45, 2.75) is 20.0 Å². The first-order valence-corrected chi connectivity index (χ1v) is 12.3. The predicted molar refractivity (Wildman–Crippen MR) is 141 cm³/mol. The molecular weight excluding hydrogens is 510 g/mol. The number of amidine groups is 1. The van der Waals surface area contributed by atoms with E-state index in [9.17, 15) is 10.1 Å². The molecule has 0 spiro atoms. The smallest absolute Gasteiger partial charge is 0.266 e. The normalized spacial score (nSPS) is 15.7. The quantitative estimate of drug-likeness (QED) is 0.332. The van der Waals surface area contributed by atoms with Crippen LogP contribution in [-0.2, 0) is 17.8 Å². The summed E-state index contributed by atoms with van der Waals surface area (Å²) in [6.07, 6.45) is 2.83. The fourth-order valence-electron chi connectivity index (χ4n) is 3.35. The van der Waals surface area contributed by atoms with Gasteiger partial charge in [-0.15, -0.1) is 0 Å². The van der Waals surface area contributed by atoms with Crippen LogP contribution in [0.5, 0.6) is 5.75 Å². The zero-order valence-electron chi connectivity index (χ0n) is 18.8. The number of nitriles is 1. The summed E-state index contributed by atoms with van der Waals surface area (Å²) in [6.45, 7) is 2.41. The van der Waals surface area contributed by atoms with Crippen molar-refractivity contribution < 1.29 is 9.53 Å². The average molecular weight is 532 g/mol. The fourth-order valence-corrected chi connectivity index (χ4v) is 4.85. The standard InChI is InChI=1S/C27H22BrN3O2S/c1-3-18-8-11-22(12-9-18)30-27-31(2)26(32)25(34-27)15-19-10-13-24(23(28)14-19)33-17-21-7-5-4-6-20(21)16-29/h4-15H,3,17H2,1-2H3/b25-15-,30-27?. The molecule has 0 aromatic heterocycles. The van der Waals surface area contributed by atoms with Gasteiger partial charge in [-0.25, -0.2) is 4.99 Å². The molecule has 1 amide bonds. The lowest BCUT2D eigenvalue weighted by molar-refractivity contribution is -0.121. The van der Waals surface area contributed by atoms with Crippen molar-refractivity contribution in [2.75, 3.05) is 7.05 Å². The van der Waals surface area contributed by atoms with E-state index in [1.807, 2.05) is 54.6 Å². The summed E-state index contributed by atoms with van der Waals surface area (Å²) in [6, 6.07) is 23.2. The van der Waals surface area contributed by atoms with Gasteiger partial charge in [0.05, 0.1) is 26.7 Å². The van der Waals surface area contributed by atoms with Crippen molar-refractivity contribution in [3.05, 3.63) is 98.4 Å². The summed E-state index contributed by atoms with van der Waals surface area (Å²) < 4.78 is 6.68. The summed E-state index contributed by atoms with van der Waals surface area (Å²) >= 11 is 4.91. The van der Waals surface area contributed by atoms with Crippen LogP contribution in [0.25, 0.3) is 6.08 Å². The molecule has 3 aromatic rings. The van der Waals surface area contributed by atoms with Crippen LogP contribution in [0.3, 0.4) is 0 Å². The van der Waals surface area contributed by atoms with Gasteiger partial charge in [0, 0.05) is 12.6 Å². The zero-order chi connectivity index (χ0) is 24.1. The van der Waals surface area contributed by atoms with Crippen LogP contribution >= 0.6 is 27.7 Å². The second-order valence-corrected chi connectivity index (χ2v) is 9.50. The van der Waals surface area contributed by atoms with E-state index >= 15 is 0 Å². The molecule has 4 rings (SSSR count). The molecular formula is C27H22BrN3O2S. The lowest BCUT2D eigenvalue weighted by Gasteiger charge is -2.10. The molecule has 0 N–H and O–H groups in total. The molecule has 1 aliphatic heterocycles. The molecule has 0 aliphatic carbocycles. The Balaban J connectivity index is 1.49. The van der Waals surface area contributed by atoms with E-state index in [-0.39, 0.29) is 5.91 Å². The van der Waals surface area contributed by atoms with E-state index in [4.69, 9.17) is 4.74 Å². The molecule has 0 unspecified atom stereocenters. The Bertz CT molecular complexity index is 1330. The molecule has 0 saturated carbocycles. The van der Waals surface area contributed by atoms with Crippen LogP contribution in [0.1, 0.15) is 29.2 Å². The van der Waals surface area contributed by atoms with Crippen LogP contribution in [0, 0.1) is 11.3 Å². The van der Waals surface area contributed by atoms with E-state index < -0.39 is 0 Å². The second kappa shape index (κ2) is 10.7. The number of rotatable bonds is 6. The number of hydrogen-bond donors (Lipinski definition) is 0. The maximum atomic E-state index is 12.8. The van der Waals surface area contributed by atoms with Gasteiger partial charge in [-0.3, -0.25) is 9.69 Å². The predicted octanol–water partition coefficient (Wildman–Crippen LogP) is 6.70. The van der Waals surface area contributed by atoms with Crippen molar-refractivity contribution in [2.24, 2.45) is 4.99 Å². The monoisotopic (exact) mass is 531 g/mol. The topological polar surface area (TPSA) is 65.7 Å². The molecule has 0 radical (unpaired) electrons. The number of likely N-dealkylation sites (N-methyl/N-ethyl adjacent to an activating group) is 1. The molecule has 3 aromatic carbocycles. The van der Waals surface area contributed by atoms with Gasteiger partial charge in [0.2, 0.25) is 0 Å². The number of hydrogen-bond acceptors (Lipinski definition) is 5. The van der Waals surface area contributed by atoms with Gasteiger partial charge >= 0.3 is 0 Å². The summed E-state index contributed by atoms with van der Waals surface area (Å²) in [5.41, 5.74) is 4.37. The third-order valence-electron chi connectivity index (χ3n) is 5.35. The minimum Gasteiger partial charge on any atom is -0.488 e. The summed E-state index contributed by atoms with van der Waals surface area (Å²) in [5.74, 6) is 0.577. The molecule has 1 saturated heterocycles. The number of carbonyl (C=O) groups is 1. The number of aliphatic imine (C=N–C) groups is 1. The number of halogens is 1. The Labute approximate surface area is 211 Å². The molecule has 0 atom stereocenters. The number of benzene rings is 3. The molecule has 170 valence electrons. The zero-order valence-corrected chi connectivity index (χ0v) is 21.2. The van der Waals surface area contributed by atoms with Crippen LogP contribution in [0.15, 0.2) is 81.1 Å². The number of thioether (sulfide) groups is 1. The lowest BCUT2D eigenvalue weighted by Crippen LogP contribution is -2.23. The Kier molecular flexibility index (Phi) is 7.51. The van der Waals surface area contributed by atoms with Gasteiger partial charge in [0.25, 0.3) is 5.91 Å². The number of aryl methyl sites for hydroxylation is 1. The minimum absolute atomic E-state index is 0.0847. The maximum Gasteiger partial charge on any atom is 0.266 e. The third kappa shape index (κ3) is 5.41. The Hall–Kier alpha value is -3.34. The van der Waals surface area contributed by atoms with E-state index in [0.717, 1.165) is 27.7 Å².